The van der Waals surface area contributed by atoms with Crippen molar-refractivity contribution in [3.05, 3.63) is 41.5 Å². The van der Waals surface area contributed by atoms with Crippen LogP contribution < -0.4 is 5.32 Å². The van der Waals surface area contributed by atoms with Crippen LogP contribution in [-0.2, 0) is 11.8 Å². The number of benzene rings is 1. The molecule has 5 fully saturated rings. The molecule has 0 unspecified atom stereocenters. The summed E-state index contributed by atoms with van der Waals surface area (Å²) in [4.78, 5) is 0. The molecule has 0 amide bonds. The van der Waals surface area contributed by atoms with E-state index >= 15 is 0 Å². The van der Waals surface area contributed by atoms with Gasteiger partial charge in [0.05, 0.1) is 0 Å². The second kappa shape index (κ2) is 6.30. The van der Waals surface area contributed by atoms with Crippen molar-refractivity contribution in [3.63, 3.8) is 0 Å². The average molecular weight is 381 g/mol. The summed E-state index contributed by atoms with van der Waals surface area (Å²) in [7, 11) is 0. The molecule has 148 valence electrons. The standard InChI is InChI=1S/C23H29FN4/c24-19-3-1-15(2-4-19)7-8-25-22-27-26-21(28(22)20-5-6-20)23-12-16-9-17(13-23)11-18(10-16)14-23/h1-4,16-18,20H,5-14H2,(H,25,27). The summed E-state index contributed by atoms with van der Waals surface area (Å²) < 4.78 is 15.6. The van der Waals surface area contributed by atoms with Crippen LogP contribution in [0.3, 0.4) is 0 Å². The molecule has 5 saturated carbocycles. The van der Waals surface area contributed by atoms with E-state index in [2.05, 4.69) is 15.0 Å². The first-order valence-corrected chi connectivity index (χ1v) is 11.1. The molecule has 0 atom stereocenters. The first-order chi connectivity index (χ1) is 13.7. The van der Waals surface area contributed by atoms with E-state index in [1.807, 2.05) is 12.1 Å². The van der Waals surface area contributed by atoms with E-state index in [4.69, 9.17) is 5.10 Å². The quantitative estimate of drug-likeness (QED) is 0.777. The first-order valence-electron chi connectivity index (χ1n) is 11.1. The van der Waals surface area contributed by atoms with Gasteiger partial charge in [-0.1, -0.05) is 12.1 Å². The lowest BCUT2D eigenvalue weighted by atomic mass is 9.49. The maximum atomic E-state index is 13.1. The number of hydrogen-bond acceptors (Lipinski definition) is 3. The summed E-state index contributed by atoms with van der Waals surface area (Å²) in [5.41, 5.74) is 1.44. The Balaban J connectivity index is 1.23. The molecule has 1 heterocycles. The molecule has 1 N–H and O–H groups in total. The van der Waals surface area contributed by atoms with Crippen LogP contribution in [0, 0.1) is 23.6 Å². The molecule has 1 aromatic heterocycles. The molecule has 0 saturated heterocycles. The third kappa shape index (κ3) is 2.85. The molecule has 5 aliphatic rings. The van der Waals surface area contributed by atoms with Gasteiger partial charge in [-0.3, -0.25) is 4.57 Å². The van der Waals surface area contributed by atoms with Gasteiger partial charge in [0.15, 0.2) is 0 Å². The first kappa shape index (κ1) is 17.0. The number of rotatable bonds is 6. The van der Waals surface area contributed by atoms with Crippen LogP contribution in [0.2, 0.25) is 0 Å². The van der Waals surface area contributed by atoms with Gasteiger partial charge in [-0.15, -0.1) is 10.2 Å². The lowest BCUT2D eigenvalue weighted by Crippen LogP contribution is -2.49. The fourth-order valence-corrected chi connectivity index (χ4v) is 6.81. The van der Waals surface area contributed by atoms with Crippen molar-refractivity contribution >= 4 is 5.95 Å². The molecule has 0 radical (unpaired) electrons. The van der Waals surface area contributed by atoms with E-state index in [1.54, 1.807) is 0 Å². The predicted molar refractivity (Wildman–Crippen MR) is 107 cm³/mol. The van der Waals surface area contributed by atoms with Crippen molar-refractivity contribution < 1.29 is 4.39 Å². The Morgan fingerprint density at radius 1 is 0.964 bits per heavy atom. The van der Waals surface area contributed by atoms with Crippen molar-refractivity contribution in [2.24, 2.45) is 17.8 Å². The SMILES string of the molecule is Fc1ccc(CCNc2nnc(C34CC5CC(CC(C5)C3)C4)n2C2CC2)cc1. The van der Waals surface area contributed by atoms with Crippen LogP contribution in [0.15, 0.2) is 24.3 Å². The molecule has 7 rings (SSSR count). The number of aromatic nitrogens is 3. The van der Waals surface area contributed by atoms with Crippen molar-refractivity contribution in [2.45, 2.75) is 69.2 Å². The van der Waals surface area contributed by atoms with E-state index in [1.165, 1.54) is 69.3 Å². The maximum absolute atomic E-state index is 13.1. The van der Waals surface area contributed by atoms with E-state index in [0.717, 1.165) is 42.2 Å². The number of nitrogens with zero attached hydrogens (tertiary/aromatic N) is 3. The molecule has 4 nitrogen and oxygen atoms in total. The van der Waals surface area contributed by atoms with Gasteiger partial charge in [0, 0.05) is 18.0 Å². The van der Waals surface area contributed by atoms with Gasteiger partial charge in [0.1, 0.15) is 11.6 Å². The molecular formula is C23H29FN4. The van der Waals surface area contributed by atoms with Gasteiger partial charge in [-0.25, -0.2) is 4.39 Å². The summed E-state index contributed by atoms with van der Waals surface area (Å²) in [5, 5.41) is 13.0. The lowest BCUT2D eigenvalue weighted by Gasteiger charge is -2.56. The van der Waals surface area contributed by atoms with Crippen molar-refractivity contribution in [1.29, 1.82) is 0 Å². The molecule has 5 heteroatoms. The normalized spacial score (nSPS) is 33.4. The molecule has 0 spiro atoms. The Kier molecular flexibility index (Phi) is 3.82. The second-order valence-electron chi connectivity index (χ2n) is 9.95. The minimum atomic E-state index is -0.176. The summed E-state index contributed by atoms with van der Waals surface area (Å²) in [5.74, 6) is 4.83. The summed E-state index contributed by atoms with van der Waals surface area (Å²) >= 11 is 0. The lowest BCUT2D eigenvalue weighted by molar-refractivity contribution is -0.0111. The van der Waals surface area contributed by atoms with E-state index in [0.29, 0.717) is 11.5 Å². The molecule has 5 aliphatic carbocycles. The maximum Gasteiger partial charge on any atom is 0.224 e. The third-order valence-electron chi connectivity index (χ3n) is 7.73. The number of hydrogen-bond donors (Lipinski definition) is 1. The van der Waals surface area contributed by atoms with Crippen LogP contribution >= 0.6 is 0 Å². The van der Waals surface area contributed by atoms with Gasteiger partial charge >= 0.3 is 0 Å². The van der Waals surface area contributed by atoms with Crippen LogP contribution in [0.1, 0.15) is 68.8 Å². The third-order valence-corrected chi connectivity index (χ3v) is 7.73. The highest BCUT2D eigenvalue weighted by Gasteiger charge is 2.54. The highest BCUT2D eigenvalue weighted by atomic mass is 19.1. The van der Waals surface area contributed by atoms with Gasteiger partial charge in [-0.2, -0.15) is 0 Å². The molecule has 0 aliphatic heterocycles. The van der Waals surface area contributed by atoms with Gasteiger partial charge in [0.25, 0.3) is 0 Å². The smallest absolute Gasteiger partial charge is 0.224 e. The monoisotopic (exact) mass is 380 g/mol. The zero-order chi connectivity index (χ0) is 18.7. The number of nitrogens with one attached hydrogen (secondary N) is 1. The summed E-state index contributed by atoms with van der Waals surface area (Å²) in [6.07, 6.45) is 11.7. The molecule has 28 heavy (non-hydrogen) atoms. The van der Waals surface area contributed by atoms with Gasteiger partial charge in [-0.05, 0) is 93.2 Å². The topological polar surface area (TPSA) is 42.7 Å². The highest BCUT2D eigenvalue weighted by molar-refractivity contribution is 5.33. The van der Waals surface area contributed by atoms with Crippen molar-refractivity contribution in [1.82, 2.24) is 14.8 Å². The van der Waals surface area contributed by atoms with Crippen LogP contribution in [0.4, 0.5) is 10.3 Å². The zero-order valence-electron chi connectivity index (χ0n) is 16.4. The van der Waals surface area contributed by atoms with Crippen molar-refractivity contribution in [3.8, 4) is 0 Å². The summed E-state index contributed by atoms with van der Waals surface area (Å²) in [6, 6.07) is 7.39. The Morgan fingerprint density at radius 3 is 2.21 bits per heavy atom. The second-order valence-corrected chi connectivity index (χ2v) is 9.95. The Hall–Kier alpha value is -1.91. The Labute approximate surface area is 165 Å². The van der Waals surface area contributed by atoms with Crippen LogP contribution in [0.25, 0.3) is 0 Å². The van der Waals surface area contributed by atoms with E-state index in [-0.39, 0.29) is 5.82 Å². The average Bonchev–Trinajstić information content (AvgIpc) is 3.41. The molecule has 1 aromatic carbocycles. The molecule has 4 bridgehead atoms. The van der Waals surface area contributed by atoms with Gasteiger partial charge in [0.2, 0.25) is 5.95 Å². The van der Waals surface area contributed by atoms with Gasteiger partial charge < -0.3 is 5.32 Å². The highest BCUT2D eigenvalue weighted by Crippen LogP contribution is 2.61. The number of anilines is 1. The predicted octanol–water partition coefficient (Wildman–Crippen LogP) is 4.87. The van der Waals surface area contributed by atoms with E-state index < -0.39 is 0 Å². The zero-order valence-corrected chi connectivity index (χ0v) is 16.4. The van der Waals surface area contributed by atoms with Crippen LogP contribution in [0.5, 0.6) is 0 Å². The minimum Gasteiger partial charge on any atom is -0.354 e. The fourth-order valence-electron chi connectivity index (χ4n) is 6.81. The van der Waals surface area contributed by atoms with Crippen LogP contribution in [-0.4, -0.2) is 21.3 Å². The molecule has 2 aromatic rings. The molecular weight excluding hydrogens is 351 g/mol. The number of halogens is 1. The summed E-state index contributed by atoms with van der Waals surface area (Å²) in [6.45, 7) is 0.803. The minimum absolute atomic E-state index is 0.176. The largest absolute Gasteiger partial charge is 0.354 e. The van der Waals surface area contributed by atoms with E-state index in [9.17, 15) is 4.39 Å². The Morgan fingerprint density at radius 2 is 1.61 bits per heavy atom. The Bertz CT molecular complexity index is 832. The fraction of sp³-hybridized carbons (Fsp3) is 0.652. The van der Waals surface area contributed by atoms with Crippen molar-refractivity contribution in [2.75, 3.05) is 11.9 Å².